The summed E-state index contributed by atoms with van der Waals surface area (Å²) >= 11 is 1.32. The highest BCUT2D eigenvalue weighted by atomic mass is 32.2. The van der Waals surface area contributed by atoms with Crippen molar-refractivity contribution in [3.63, 3.8) is 0 Å². The number of amides is 1. The number of hydrogen-bond donors (Lipinski definition) is 1. The maximum atomic E-state index is 13.0. The van der Waals surface area contributed by atoms with Gasteiger partial charge < -0.3 is 14.8 Å². The minimum absolute atomic E-state index is 0.172. The van der Waals surface area contributed by atoms with Crippen LogP contribution in [0.1, 0.15) is 6.92 Å². The Bertz CT molecular complexity index is 1520. The molecule has 2 heterocycles. The van der Waals surface area contributed by atoms with Crippen LogP contribution in [-0.4, -0.2) is 45.0 Å². The maximum absolute atomic E-state index is 13.0. The van der Waals surface area contributed by atoms with E-state index in [-0.39, 0.29) is 5.91 Å². The van der Waals surface area contributed by atoms with Crippen molar-refractivity contribution in [2.45, 2.75) is 17.3 Å². The third-order valence-electron chi connectivity index (χ3n) is 5.55. The fraction of sp³-hybridized carbons (Fsp3) is 0.154. The average Bonchev–Trinajstić information content (AvgIpc) is 3.32. The number of methoxy groups -OCH3 is 2. The van der Waals surface area contributed by atoms with Crippen LogP contribution in [0.15, 0.2) is 78.0 Å². The smallest absolute Gasteiger partial charge is 0.237 e. The Morgan fingerprint density at radius 1 is 0.943 bits per heavy atom. The summed E-state index contributed by atoms with van der Waals surface area (Å²) in [6.45, 7) is 1.83. The zero-order valence-electron chi connectivity index (χ0n) is 19.4. The van der Waals surface area contributed by atoms with Gasteiger partial charge in [0.1, 0.15) is 5.82 Å². The predicted octanol–water partition coefficient (Wildman–Crippen LogP) is 5.08. The maximum Gasteiger partial charge on any atom is 0.237 e. The molecular weight excluding hydrogens is 462 g/mol. The molecule has 5 rings (SSSR count). The van der Waals surface area contributed by atoms with Crippen LogP contribution in [0.25, 0.3) is 27.9 Å². The Labute approximate surface area is 206 Å². The summed E-state index contributed by atoms with van der Waals surface area (Å²) in [6, 6.07) is 23.0. The van der Waals surface area contributed by atoms with Crippen LogP contribution in [0.4, 0.5) is 5.69 Å². The van der Waals surface area contributed by atoms with Gasteiger partial charge in [-0.15, -0.1) is 10.2 Å². The summed E-state index contributed by atoms with van der Waals surface area (Å²) in [5.74, 6) is 1.68. The molecular formula is C26H23N5O3S. The first-order chi connectivity index (χ1) is 17.1. The molecule has 8 nitrogen and oxygen atoms in total. The van der Waals surface area contributed by atoms with E-state index in [9.17, 15) is 4.79 Å². The number of carbonyl (C=O) groups is 1. The van der Waals surface area contributed by atoms with Gasteiger partial charge in [-0.1, -0.05) is 54.2 Å². The summed E-state index contributed by atoms with van der Waals surface area (Å²) in [5.41, 5.74) is 3.09. The lowest BCUT2D eigenvalue weighted by molar-refractivity contribution is -0.115. The molecule has 0 saturated carbocycles. The van der Waals surface area contributed by atoms with Crippen molar-refractivity contribution in [2.24, 2.45) is 0 Å². The lowest BCUT2D eigenvalue weighted by Gasteiger charge is -2.14. The minimum atomic E-state index is -0.453. The molecule has 0 radical (unpaired) electrons. The van der Waals surface area contributed by atoms with Crippen LogP contribution in [-0.2, 0) is 4.79 Å². The zero-order chi connectivity index (χ0) is 24.4. The quantitative estimate of drug-likeness (QED) is 0.322. The van der Waals surface area contributed by atoms with Gasteiger partial charge in [0, 0.05) is 22.7 Å². The molecule has 2 aromatic heterocycles. The number of anilines is 1. The first-order valence-electron chi connectivity index (χ1n) is 11.0. The monoisotopic (exact) mass is 485 g/mol. The minimum Gasteiger partial charge on any atom is -0.493 e. The van der Waals surface area contributed by atoms with E-state index in [1.54, 1.807) is 32.4 Å². The Kier molecular flexibility index (Phi) is 6.24. The molecule has 0 aliphatic heterocycles. The summed E-state index contributed by atoms with van der Waals surface area (Å²) in [5, 5.41) is 12.9. The number of nitrogens with one attached hydrogen (secondary N) is 1. The van der Waals surface area contributed by atoms with Crippen molar-refractivity contribution < 1.29 is 14.3 Å². The van der Waals surface area contributed by atoms with Crippen LogP contribution in [0.5, 0.6) is 11.5 Å². The van der Waals surface area contributed by atoms with Crippen molar-refractivity contribution in [2.75, 3.05) is 19.5 Å². The van der Waals surface area contributed by atoms with E-state index in [4.69, 9.17) is 14.5 Å². The average molecular weight is 486 g/mol. The van der Waals surface area contributed by atoms with E-state index < -0.39 is 5.25 Å². The summed E-state index contributed by atoms with van der Waals surface area (Å²) in [7, 11) is 3.12. The molecule has 35 heavy (non-hydrogen) atoms. The predicted molar refractivity (Wildman–Crippen MR) is 137 cm³/mol. The number of nitrogens with zero attached hydrogens (tertiary/aromatic N) is 4. The number of hydrogen-bond acceptors (Lipinski definition) is 7. The van der Waals surface area contributed by atoms with Crippen LogP contribution in [0.2, 0.25) is 0 Å². The molecule has 1 unspecified atom stereocenters. The van der Waals surface area contributed by atoms with Gasteiger partial charge in [0.05, 0.1) is 25.0 Å². The lowest BCUT2D eigenvalue weighted by Crippen LogP contribution is -2.22. The van der Waals surface area contributed by atoms with Crippen LogP contribution >= 0.6 is 11.8 Å². The van der Waals surface area contributed by atoms with E-state index in [1.807, 2.05) is 65.9 Å². The van der Waals surface area contributed by atoms with Gasteiger partial charge in [-0.3, -0.25) is 9.20 Å². The number of ether oxygens (including phenoxy) is 2. The molecule has 0 aliphatic carbocycles. The van der Waals surface area contributed by atoms with Crippen molar-refractivity contribution in [1.29, 1.82) is 0 Å². The number of carbonyl (C=O) groups excluding carboxylic acids is 1. The van der Waals surface area contributed by atoms with Gasteiger partial charge in [-0.2, -0.15) is 0 Å². The highest BCUT2D eigenvalue weighted by Crippen LogP contribution is 2.32. The lowest BCUT2D eigenvalue weighted by atomic mass is 10.2. The third-order valence-corrected chi connectivity index (χ3v) is 6.59. The largest absolute Gasteiger partial charge is 0.493 e. The van der Waals surface area contributed by atoms with E-state index in [0.29, 0.717) is 28.0 Å². The fourth-order valence-corrected chi connectivity index (χ4v) is 4.63. The Morgan fingerprint density at radius 3 is 2.46 bits per heavy atom. The highest BCUT2D eigenvalue weighted by Gasteiger charge is 2.22. The second-order valence-corrected chi connectivity index (χ2v) is 9.09. The van der Waals surface area contributed by atoms with E-state index in [2.05, 4.69) is 15.5 Å². The second kappa shape index (κ2) is 9.63. The number of fused-ring (bicyclic) bond motifs is 3. The van der Waals surface area contributed by atoms with Crippen molar-refractivity contribution in [1.82, 2.24) is 19.6 Å². The zero-order valence-corrected chi connectivity index (χ0v) is 20.2. The fourth-order valence-electron chi connectivity index (χ4n) is 3.79. The molecule has 0 spiro atoms. The van der Waals surface area contributed by atoms with Crippen molar-refractivity contribution in [3.05, 3.63) is 72.8 Å². The summed E-state index contributed by atoms with van der Waals surface area (Å²) in [4.78, 5) is 17.9. The van der Waals surface area contributed by atoms with Gasteiger partial charge in [0.25, 0.3) is 0 Å². The van der Waals surface area contributed by atoms with Gasteiger partial charge in [-0.05, 0) is 31.2 Å². The number of rotatable bonds is 7. The SMILES string of the molecule is COc1ccc(NC(=O)C(C)Sc2nnc3c4ccccc4nc(-c4ccccc4)n23)cc1OC. The van der Waals surface area contributed by atoms with Crippen molar-refractivity contribution in [3.8, 4) is 22.9 Å². The number of benzene rings is 3. The topological polar surface area (TPSA) is 90.6 Å². The van der Waals surface area contributed by atoms with Crippen molar-refractivity contribution >= 4 is 39.9 Å². The van der Waals surface area contributed by atoms with Gasteiger partial charge in [0.2, 0.25) is 5.91 Å². The Hall–Kier alpha value is -4.11. The number of thioether (sulfide) groups is 1. The van der Waals surface area contributed by atoms with Crippen LogP contribution < -0.4 is 14.8 Å². The van der Waals surface area contributed by atoms with Crippen LogP contribution in [0, 0.1) is 0 Å². The Balaban J connectivity index is 1.48. The third kappa shape index (κ3) is 4.38. The number of aromatic nitrogens is 4. The molecule has 0 bridgehead atoms. The van der Waals surface area contributed by atoms with Crippen LogP contribution in [0.3, 0.4) is 0 Å². The summed E-state index contributed by atoms with van der Waals surface area (Å²) in [6.07, 6.45) is 0. The molecule has 1 atom stereocenters. The van der Waals surface area contributed by atoms with E-state index >= 15 is 0 Å². The molecule has 0 aliphatic rings. The molecule has 176 valence electrons. The van der Waals surface area contributed by atoms with Gasteiger partial charge >= 0.3 is 0 Å². The van der Waals surface area contributed by atoms with E-state index in [0.717, 1.165) is 22.3 Å². The van der Waals surface area contributed by atoms with E-state index in [1.165, 1.54) is 11.8 Å². The normalized spacial score (nSPS) is 12.0. The first kappa shape index (κ1) is 22.7. The highest BCUT2D eigenvalue weighted by molar-refractivity contribution is 8.00. The van der Waals surface area contributed by atoms with Gasteiger partial charge in [0.15, 0.2) is 22.3 Å². The molecule has 9 heteroatoms. The first-order valence-corrected chi connectivity index (χ1v) is 11.9. The molecule has 0 saturated heterocycles. The molecule has 0 fully saturated rings. The molecule has 5 aromatic rings. The van der Waals surface area contributed by atoms with Gasteiger partial charge in [-0.25, -0.2) is 4.98 Å². The standard InChI is InChI=1S/C26H23N5O3S/c1-16(25(32)27-18-13-14-21(33-2)22(15-18)34-3)35-26-30-29-24-19-11-7-8-12-20(19)28-23(31(24)26)17-9-5-4-6-10-17/h4-16H,1-3H3,(H,27,32). The molecule has 3 aromatic carbocycles. The Morgan fingerprint density at radius 2 is 1.69 bits per heavy atom. The molecule has 1 N–H and O–H groups in total. The summed E-state index contributed by atoms with van der Waals surface area (Å²) < 4.78 is 12.5. The number of para-hydroxylation sites is 1. The second-order valence-electron chi connectivity index (χ2n) is 7.78. The molecule has 1 amide bonds.